The molecule has 0 saturated carbocycles. The zero-order valence-corrected chi connectivity index (χ0v) is 14.7. The first-order valence-corrected chi connectivity index (χ1v) is 8.10. The Kier molecular flexibility index (Phi) is 9.00. The monoisotopic (exact) mass is 362 g/mol. The van der Waals surface area contributed by atoms with Gasteiger partial charge in [0.2, 0.25) is 5.91 Å². The maximum Gasteiger partial charge on any atom is 0.387 e. The van der Waals surface area contributed by atoms with Crippen LogP contribution < -0.4 is 10.1 Å². The summed E-state index contributed by atoms with van der Waals surface area (Å²) in [6.07, 6.45) is 2.35. The van der Waals surface area contributed by atoms with Gasteiger partial charge >= 0.3 is 6.61 Å². The van der Waals surface area contributed by atoms with Crippen LogP contribution in [0.25, 0.3) is 0 Å². The smallest absolute Gasteiger partial charge is 0.387 e. The van der Waals surface area contributed by atoms with Crippen molar-refractivity contribution >= 4 is 18.3 Å². The van der Waals surface area contributed by atoms with Crippen molar-refractivity contribution in [3.63, 3.8) is 0 Å². The van der Waals surface area contributed by atoms with Crippen LogP contribution in [-0.4, -0.2) is 43.6 Å². The van der Waals surface area contributed by atoms with Gasteiger partial charge in [-0.25, -0.2) is 0 Å². The first-order valence-electron chi connectivity index (χ1n) is 8.10. The predicted molar refractivity (Wildman–Crippen MR) is 91.9 cm³/mol. The molecule has 0 unspecified atom stereocenters. The van der Waals surface area contributed by atoms with Gasteiger partial charge in [0.15, 0.2) is 0 Å². The molecule has 1 N–H and O–H groups in total. The molecule has 1 aliphatic heterocycles. The Labute approximate surface area is 148 Å². The Morgan fingerprint density at radius 3 is 2.46 bits per heavy atom. The highest BCUT2D eigenvalue weighted by Crippen LogP contribution is 2.19. The normalized spacial score (nSPS) is 15.2. The second-order valence-corrected chi connectivity index (χ2v) is 5.83. The number of rotatable bonds is 7. The highest BCUT2D eigenvalue weighted by atomic mass is 35.5. The van der Waals surface area contributed by atoms with Crippen LogP contribution in [0.1, 0.15) is 25.3 Å². The van der Waals surface area contributed by atoms with Gasteiger partial charge in [-0.2, -0.15) is 8.78 Å². The molecule has 2 rings (SSSR count). The van der Waals surface area contributed by atoms with Gasteiger partial charge in [0.05, 0.1) is 6.42 Å². The number of hydrogen-bond acceptors (Lipinski definition) is 3. The SMILES string of the molecule is CCNCC1CCN(C(=O)Cc2ccc(OC(F)F)cc2)CC1.Cl. The number of ether oxygens (including phenoxy) is 1. The zero-order chi connectivity index (χ0) is 16.7. The summed E-state index contributed by atoms with van der Waals surface area (Å²) in [4.78, 5) is 14.2. The van der Waals surface area contributed by atoms with E-state index in [2.05, 4.69) is 17.0 Å². The standard InChI is InChI=1S/C17H24F2N2O2.ClH/c1-2-20-12-14-7-9-21(10-8-14)16(22)11-13-3-5-15(6-4-13)23-17(18)19;/h3-6,14,17,20H,2,7-12H2,1H3;1H. The maximum absolute atomic E-state index is 12.3. The van der Waals surface area contributed by atoms with Crippen LogP contribution in [0.2, 0.25) is 0 Å². The first kappa shape index (κ1) is 20.6. The van der Waals surface area contributed by atoms with Crippen LogP contribution in [0.4, 0.5) is 8.78 Å². The second kappa shape index (κ2) is 10.5. The van der Waals surface area contributed by atoms with Crippen molar-refractivity contribution in [2.24, 2.45) is 5.92 Å². The van der Waals surface area contributed by atoms with Crippen molar-refractivity contribution in [1.82, 2.24) is 10.2 Å². The molecule has 136 valence electrons. The maximum atomic E-state index is 12.3. The number of alkyl halides is 2. The van der Waals surface area contributed by atoms with Gasteiger partial charge in [0, 0.05) is 13.1 Å². The fourth-order valence-corrected chi connectivity index (χ4v) is 2.81. The minimum atomic E-state index is -2.83. The van der Waals surface area contributed by atoms with Gasteiger partial charge in [0.1, 0.15) is 5.75 Å². The lowest BCUT2D eigenvalue weighted by atomic mass is 9.96. The molecule has 0 aliphatic carbocycles. The quantitative estimate of drug-likeness (QED) is 0.810. The minimum absolute atomic E-state index is 0. The summed E-state index contributed by atoms with van der Waals surface area (Å²) in [5.41, 5.74) is 0.811. The summed E-state index contributed by atoms with van der Waals surface area (Å²) in [5, 5.41) is 3.35. The number of carbonyl (C=O) groups is 1. The third kappa shape index (κ3) is 6.61. The Balaban J connectivity index is 0.00000288. The Bertz CT molecular complexity index is 492. The van der Waals surface area contributed by atoms with Crippen LogP contribution in [0, 0.1) is 5.92 Å². The van der Waals surface area contributed by atoms with Crippen molar-refractivity contribution in [2.75, 3.05) is 26.2 Å². The van der Waals surface area contributed by atoms with E-state index in [-0.39, 0.29) is 24.1 Å². The summed E-state index contributed by atoms with van der Waals surface area (Å²) in [5.74, 6) is 0.847. The van der Waals surface area contributed by atoms with Crippen molar-refractivity contribution in [2.45, 2.75) is 32.8 Å². The summed E-state index contributed by atoms with van der Waals surface area (Å²) in [7, 11) is 0. The van der Waals surface area contributed by atoms with Crippen LogP contribution >= 0.6 is 12.4 Å². The topological polar surface area (TPSA) is 41.6 Å². The number of nitrogens with one attached hydrogen (secondary N) is 1. The van der Waals surface area contributed by atoms with E-state index in [4.69, 9.17) is 0 Å². The van der Waals surface area contributed by atoms with Crippen molar-refractivity contribution < 1.29 is 18.3 Å². The summed E-state index contributed by atoms with van der Waals surface area (Å²) >= 11 is 0. The molecule has 4 nitrogen and oxygen atoms in total. The molecule has 1 aliphatic rings. The number of nitrogens with zero attached hydrogens (tertiary/aromatic N) is 1. The molecule has 1 aromatic rings. The van der Waals surface area contributed by atoms with E-state index in [1.165, 1.54) is 12.1 Å². The lowest BCUT2D eigenvalue weighted by molar-refractivity contribution is -0.131. The number of likely N-dealkylation sites (tertiary alicyclic amines) is 1. The van der Waals surface area contributed by atoms with Gasteiger partial charge in [-0.05, 0) is 49.5 Å². The summed E-state index contributed by atoms with van der Waals surface area (Å²) in [6, 6.07) is 6.26. The zero-order valence-electron chi connectivity index (χ0n) is 13.8. The van der Waals surface area contributed by atoms with E-state index in [1.54, 1.807) is 12.1 Å². The number of amides is 1. The Hall–Kier alpha value is -1.40. The van der Waals surface area contributed by atoms with Crippen molar-refractivity contribution in [1.29, 1.82) is 0 Å². The number of carbonyl (C=O) groups excluding carboxylic acids is 1. The largest absolute Gasteiger partial charge is 0.435 e. The van der Waals surface area contributed by atoms with Crippen LogP contribution in [0.5, 0.6) is 5.75 Å². The van der Waals surface area contributed by atoms with E-state index in [1.807, 2.05) is 4.90 Å². The molecule has 24 heavy (non-hydrogen) atoms. The average Bonchev–Trinajstić information content (AvgIpc) is 2.54. The molecule has 7 heteroatoms. The molecule has 1 aromatic carbocycles. The van der Waals surface area contributed by atoms with Gasteiger partial charge in [-0.15, -0.1) is 12.4 Å². The van der Waals surface area contributed by atoms with E-state index in [0.717, 1.165) is 44.6 Å². The number of halogens is 3. The summed E-state index contributed by atoms with van der Waals surface area (Å²) in [6.45, 7) is 2.85. The number of piperidine rings is 1. The first-order chi connectivity index (χ1) is 11.1. The third-order valence-electron chi connectivity index (χ3n) is 4.15. The van der Waals surface area contributed by atoms with Gasteiger partial charge in [0.25, 0.3) is 0 Å². The van der Waals surface area contributed by atoms with Gasteiger partial charge < -0.3 is 15.0 Å². The van der Waals surface area contributed by atoms with Crippen LogP contribution in [-0.2, 0) is 11.2 Å². The molecule has 0 bridgehead atoms. The molecule has 0 aromatic heterocycles. The number of benzene rings is 1. The fourth-order valence-electron chi connectivity index (χ4n) is 2.81. The molecule has 0 atom stereocenters. The molecule has 1 heterocycles. The van der Waals surface area contributed by atoms with E-state index < -0.39 is 6.61 Å². The highest BCUT2D eigenvalue weighted by Gasteiger charge is 2.22. The molecular formula is C17H25ClF2N2O2. The molecule has 0 spiro atoms. The third-order valence-corrected chi connectivity index (χ3v) is 4.15. The minimum Gasteiger partial charge on any atom is -0.435 e. The average molecular weight is 363 g/mol. The van der Waals surface area contributed by atoms with Crippen molar-refractivity contribution in [3.05, 3.63) is 29.8 Å². The lowest BCUT2D eigenvalue weighted by Gasteiger charge is -2.32. The number of hydrogen-bond donors (Lipinski definition) is 1. The van der Waals surface area contributed by atoms with Crippen LogP contribution in [0.15, 0.2) is 24.3 Å². The highest BCUT2D eigenvalue weighted by molar-refractivity contribution is 5.85. The van der Waals surface area contributed by atoms with Gasteiger partial charge in [-0.3, -0.25) is 4.79 Å². The van der Waals surface area contributed by atoms with E-state index >= 15 is 0 Å². The molecule has 1 saturated heterocycles. The lowest BCUT2D eigenvalue weighted by Crippen LogP contribution is -2.41. The fraction of sp³-hybridized carbons (Fsp3) is 0.588. The second-order valence-electron chi connectivity index (χ2n) is 5.83. The molecule has 1 amide bonds. The Morgan fingerprint density at radius 2 is 1.92 bits per heavy atom. The van der Waals surface area contributed by atoms with E-state index in [0.29, 0.717) is 12.3 Å². The van der Waals surface area contributed by atoms with Gasteiger partial charge in [-0.1, -0.05) is 19.1 Å². The van der Waals surface area contributed by atoms with E-state index in [9.17, 15) is 13.6 Å². The summed E-state index contributed by atoms with van der Waals surface area (Å²) < 4.78 is 28.5. The molecule has 0 radical (unpaired) electrons. The van der Waals surface area contributed by atoms with Crippen molar-refractivity contribution in [3.8, 4) is 5.75 Å². The molecule has 1 fully saturated rings. The molecular weight excluding hydrogens is 338 g/mol. The Morgan fingerprint density at radius 1 is 1.29 bits per heavy atom. The van der Waals surface area contributed by atoms with Crippen LogP contribution in [0.3, 0.4) is 0 Å². The predicted octanol–water partition coefficient (Wildman–Crippen LogP) is 3.10.